The molecule has 2 aromatic rings. The average Bonchev–Trinajstić information content (AvgIpc) is 3.35. The van der Waals surface area contributed by atoms with Crippen molar-refractivity contribution in [3.8, 4) is 10.7 Å². The summed E-state index contributed by atoms with van der Waals surface area (Å²) in [6.07, 6.45) is 4.72. The Morgan fingerprint density at radius 2 is 1.90 bits per heavy atom. The molecule has 0 fully saturated rings. The van der Waals surface area contributed by atoms with Gasteiger partial charge in [0.2, 0.25) is 0 Å². The molecule has 29 heavy (non-hydrogen) atoms. The molecule has 0 aliphatic rings. The second-order valence-corrected chi connectivity index (χ2v) is 8.51. The van der Waals surface area contributed by atoms with Gasteiger partial charge < -0.3 is 19.3 Å². The Kier molecular flexibility index (Phi) is 8.09. The summed E-state index contributed by atoms with van der Waals surface area (Å²) in [4.78, 5) is 20.6. The Bertz CT molecular complexity index is 880. The van der Waals surface area contributed by atoms with Crippen molar-refractivity contribution < 1.29 is 24.1 Å². The molecular weight excluding hydrogens is 412 g/mol. The van der Waals surface area contributed by atoms with Crippen molar-refractivity contribution in [2.75, 3.05) is 21.3 Å². The number of aliphatic hydroxyl groups is 1. The van der Waals surface area contributed by atoms with E-state index in [4.69, 9.17) is 9.47 Å². The van der Waals surface area contributed by atoms with Crippen molar-refractivity contribution in [2.45, 2.75) is 32.5 Å². The average molecular weight is 439 g/mol. The van der Waals surface area contributed by atoms with Gasteiger partial charge in [-0.3, -0.25) is 0 Å². The van der Waals surface area contributed by atoms with Gasteiger partial charge in [-0.05, 0) is 19.9 Å². The Morgan fingerprint density at radius 1 is 1.17 bits per heavy atom. The Hall–Kier alpha value is -2.07. The van der Waals surface area contributed by atoms with Crippen molar-refractivity contribution in [3.05, 3.63) is 39.4 Å². The number of thiazole rings is 2. The summed E-state index contributed by atoms with van der Waals surface area (Å²) in [5.41, 5.74) is 0.547. The number of ether oxygens (including phenoxy) is 3. The van der Waals surface area contributed by atoms with Gasteiger partial charge in [-0.25, -0.2) is 14.8 Å². The number of nitrogens with zero attached hydrogens (tertiary/aromatic N) is 2. The van der Waals surface area contributed by atoms with Crippen molar-refractivity contribution >= 4 is 34.7 Å². The summed E-state index contributed by atoms with van der Waals surface area (Å²) in [6, 6.07) is 0. The number of rotatable bonds is 9. The van der Waals surface area contributed by atoms with E-state index in [0.29, 0.717) is 10.8 Å². The van der Waals surface area contributed by atoms with E-state index in [0.717, 1.165) is 16.4 Å². The lowest BCUT2D eigenvalue weighted by Gasteiger charge is -2.21. The number of methoxy groups -OCH3 is 3. The number of carbonyl (C=O) groups is 1. The van der Waals surface area contributed by atoms with Crippen LogP contribution < -0.4 is 0 Å². The molecule has 0 spiro atoms. The number of hydrogen-bond donors (Lipinski definition) is 1. The fourth-order valence-corrected chi connectivity index (χ4v) is 4.14. The molecule has 0 aliphatic carbocycles. The molecule has 0 bridgehead atoms. The predicted molar refractivity (Wildman–Crippen MR) is 115 cm³/mol. The summed E-state index contributed by atoms with van der Waals surface area (Å²) in [7, 11) is 4.41. The third kappa shape index (κ3) is 6.20. The van der Waals surface area contributed by atoms with Gasteiger partial charge in [0.1, 0.15) is 27.1 Å². The highest BCUT2D eigenvalue weighted by Crippen LogP contribution is 2.30. The van der Waals surface area contributed by atoms with E-state index in [-0.39, 0.29) is 12.0 Å². The molecule has 2 rings (SSSR count). The Balaban J connectivity index is 2.15. The fourth-order valence-electron chi connectivity index (χ4n) is 2.49. The van der Waals surface area contributed by atoms with Crippen LogP contribution in [0.4, 0.5) is 0 Å². The number of hydrogen-bond acceptors (Lipinski definition) is 9. The largest absolute Gasteiger partial charge is 0.500 e. The van der Waals surface area contributed by atoms with E-state index < -0.39 is 11.6 Å². The summed E-state index contributed by atoms with van der Waals surface area (Å²) < 4.78 is 15.5. The second kappa shape index (κ2) is 10.1. The van der Waals surface area contributed by atoms with E-state index in [1.54, 1.807) is 21.0 Å². The van der Waals surface area contributed by atoms with Crippen LogP contribution in [0, 0.1) is 5.92 Å². The van der Waals surface area contributed by atoms with Crippen molar-refractivity contribution in [3.63, 3.8) is 0 Å². The molecule has 0 saturated carbocycles. The second-order valence-electron chi connectivity index (χ2n) is 6.80. The van der Waals surface area contributed by atoms with Crippen LogP contribution in [0.1, 0.15) is 31.5 Å². The summed E-state index contributed by atoms with van der Waals surface area (Å²) in [6.45, 7) is 5.32. The zero-order valence-corrected chi connectivity index (χ0v) is 19.0. The van der Waals surface area contributed by atoms with Gasteiger partial charge in [0, 0.05) is 23.8 Å². The van der Waals surface area contributed by atoms with Gasteiger partial charge >= 0.3 is 5.97 Å². The highest BCUT2D eigenvalue weighted by atomic mass is 32.1. The highest BCUT2D eigenvalue weighted by molar-refractivity contribution is 7.14. The fraction of sp³-hybridized carbons (Fsp3) is 0.450. The Morgan fingerprint density at radius 3 is 2.45 bits per heavy atom. The van der Waals surface area contributed by atoms with Crippen LogP contribution in [-0.4, -0.2) is 48.5 Å². The molecule has 2 atom stereocenters. The molecule has 7 nitrogen and oxygen atoms in total. The molecule has 158 valence electrons. The SMILES string of the molecule is COC(=O)/C=C(/OC)[C@H](C)[C@H](/C=C\c1csc(-c2csc(C(C)(C)O)n2)n1)OC. The molecule has 9 heteroatoms. The highest BCUT2D eigenvalue weighted by Gasteiger charge is 2.22. The summed E-state index contributed by atoms with van der Waals surface area (Å²) in [5.74, 6) is -0.217. The number of aromatic nitrogens is 2. The van der Waals surface area contributed by atoms with Gasteiger partial charge in [0.05, 0.1) is 32.1 Å². The lowest BCUT2D eigenvalue weighted by atomic mass is 10.0. The van der Waals surface area contributed by atoms with Crippen molar-refractivity contribution in [1.82, 2.24) is 9.97 Å². The van der Waals surface area contributed by atoms with Crippen LogP contribution in [0.3, 0.4) is 0 Å². The van der Waals surface area contributed by atoms with Crippen LogP contribution in [0.2, 0.25) is 0 Å². The lowest BCUT2D eigenvalue weighted by molar-refractivity contribution is -0.135. The van der Waals surface area contributed by atoms with Crippen LogP contribution in [-0.2, 0) is 24.6 Å². The first kappa shape index (κ1) is 23.2. The molecule has 2 aromatic heterocycles. The molecule has 0 unspecified atom stereocenters. The van der Waals surface area contributed by atoms with Crippen LogP contribution in [0.5, 0.6) is 0 Å². The standard InChI is InChI=1S/C20H26N2O5S2/c1-12(16(26-5)9-17(23)27-6)15(25-4)8-7-13-10-28-18(21-13)14-11-29-19(22-14)20(2,3)24/h7-12,15,24H,1-6H3/b8-7-,16-9+/t12-,15+/m1/s1. The van der Waals surface area contributed by atoms with Gasteiger partial charge in [-0.1, -0.05) is 13.0 Å². The molecule has 0 saturated heterocycles. The topological polar surface area (TPSA) is 90.8 Å². The maximum absolute atomic E-state index is 11.5. The molecule has 2 heterocycles. The van der Waals surface area contributed by atoms with Crippen LogP contribution in [0.15, 0.2) is 28.7 Å². The van der Waals surface area contributed by atoms with Gasteiger partial charge in [0.15, 0.2) is 0 Å². The third-order valence-corrected chi connectivity index (χ3v) is 6.17. The zero-order valence-electron chi connectivity index (χ0n) is 17.3. The zero-order chi connectivity index (χ0) is 21.6. The predicted octanol–water partition coefficient (Wildman–Crippen LogP) is 3.86. The molecule has 1 N–H and O–H groups in total. The first-order valence-electron chi connectivity index (χ1n) is 8.88. The maximum Gasteiger partial charge on any atom is 0.333 e. The first-order valence-corrected chi connectivity index (χ1v) is 10.6. The quantitative estimate of drug-likeness (QED) is 0.361. The van der Waals surface area contributed by atoms with E-state index in [1.165, 1.54) is 43.0 Å². The minimum absolute atomic E-state index is 0.202. The number of esters is 1. The molecule has 0 amide bonds. The minimum atomic E-state index is -0.971. The molecule has 0 aliphatic heterocycles. The summed E-state index contributed by atoms with van der Waals surface area (Å²) in [5, 5.41) is 15.3. The third-order valence-electron chi connectivity index (χ3n) is 4.14. The van der Waals surface area contributed by atoms with E-state index in [9.17, 15) is 9.90 Å². The van der Waals surface area contributed by atoms with Crippen molar-refractivity contribution in [2.24, 2.45) is 5.92 Å². The smallest absolute Gasteiger partial charge is 0.333 e. The monoisotopic (exact) mass is 438 g/mol. The molecule has 0 radical (unpaired) electrons. The van der Waals surface area contributed by atoms with E-state index in [1.807, 2.05) is 29.8 Å². The number of carbonyl (C=O) groups excluding carboxylic acids is 1. The molecule has 0 aromatic carbocycles. The normalized spacial score (nSPS) is 14.8. The van der Waals surface area contributed by atoms with Crippen LogP contribution in [0.25, 0.3) is 16.8 Å². The van der Waals surface area contributed by atoms with Gasteiger partial charge in [-0.2, -0.15) is 0 Å². The van der Waals surface area contributed by atoms with Gasteiger partial charge in [0.25, 0.3) is 0 Å². The molecular formula is C20H26N2O5S2. The van der Waals surface area contributed by atoms with E-state index in [2.05, 4.69) is 14.7 Å². The first-order chi connectivity index (χ1) is 13.7. The van der Waals surface area contributed by atoms with Gasteiger partial charge in [-0.15, -0.1) is 22.7 Å². The Labute approximate surface area is 178 Å². The lowest BCUT2D eigenvalue weighted by Crippen LogP contribution is -2.21. The minimum Gasteiger partial charge on any atom is -0.500 e. The van der Waals surface area contributed by atoms with Crippen LogP contribution >= 0.6 is 22.7 Å². The van der Waals surface area contributed by atoms with Crippen molar-refractivity contribution in [1.29, 1.82) is 0 Å². The maximum atomic E-state index is 11.5. The van der Waals surface area contributed by atoms with E-state index >= 15 is 0 Å². The summed E-state index contributed by atoms with van der Waals surface area (Å²) >= 11 is 2.89.